The van der Waals surface area contributed by atoms with Crippen LogP contribution in [0.15, 0.2) is 0 Å². The third-order valence-corrected chi connectivity index (χ3v) is 4.21. The van der Waals surface area contributed by atoms with Crippen molar-refractivity contribution in [1.82, 2.24) is 0 Å². The molecule has 0 bridgehead atoms. The molecule has 0 aromatic rings. The Labute approximate surface area is 113 Å². The van der Waals surface area contributed by atoms with E-state index in [0.29, 0.717) is 13.0 Å². The second-order valence-electron chi connectivity index (χ2n) is 5.10. The maximum atomic E-state index is 11.9. The lowest BCUT2D eigenvalue weighted by molar-refractivity contribution is -0.0542. The Balaban J connectivity index is 3.58. The zero-order valence-electron chi connectivity index (χ0n) is 11.4. The zero-order valence-corrected chi connectivity index (χ0v) is 13.2. The van der Waals surface area contributed by atoms with Crippen molar-refractivity contribution in [2.24, 2.45) is 0 Å². The van der Waals surface area contributed by atoms with Crippen LogP contribution in [-0.2, 0) is 18.7 Å². The fraction of sp³-hybridized carbons (Fsp3) is 1.00. The molecule has 0 N–H and O–H groups in total. The summed E-state index contributed by atoms with van der Waals surface area (Å²) in [6.07, 6.45) is 2.49. The molecule has 0 aliphatic heterocycles. The van der Waals surface area contributed by atoms with Crippen LogP contribution in [0.1, 0.15) is 25.7 Å². The molecule has 0 aromatic carbocycles. The highest BCUT2D eigenvalue weighted by Gasteiger charge is 2.47. The van der Waals surface area contributed by atoms with E-state index in [0.717, 1.165) is 12.8 Å². The first kappa shape index (κ1) is 18.9. The van der Waals surface area contributed by atoms with Crippen LogP contribution in [0.4, 0.5) is 13.2 Å². The summed E-state index contributed by atoms with van der Waals surface area (Å²) < 4.78 is 66.2. The van der Waals surface area contributed by atoms with Gasteiger partial charge in [-0.3, -0.25) is 4.18 Å². The second-order valence-corrected chi connectivity index (χ2v) is 11.2. The number of halogens is 3. The molecule has 0 heterocycles. The van der Waals surface area contributed by atoms with Crippen molar-refractivity contribution in [2.75, 3.05) is 13.2 Å². The number of rotatable bonds is 9. The lowest BCUT2D eigenvalue weighted by atomic mass is 10.2. The van der Waals surface area contributed by atoms with Gasteiger partial charge in [-0.15, -0.1) is 0 Å². The van der Waals surface area contributed by atoms with E-state index in [1.807, 2.05) is 0 Å². The van der Waals surface area contributed by atoms with Crippen molar-refractivity contribution >= 4 is 18.4 Å². The minimum atomic E-state index is -5.43. The van der Waals surface area contributed by atoms with E-state index in [9.17, 15) is 21.6 Å². The van der Waals surface area contributed by atoms with Gasteiger partial charge in [-0.25, -0.2) is 0 Å². The van der Waals surface area contributed by atoms with Gasteiger partial charge >= 0.3 is 15.6 Å². The molecule has 0 rings (SSSR count). The molecule has 0 amide bonds. The first-order valence-corrected chi connectivity index (χ1v) is 10.9. The zero-order chi connectivity index (χ0) is 15.2. The third kappa shape index (κ3) is 9.42. The van der Waals surface area contributed by atoms with Crippen LogP contribution >= 0.6 is 0 Å². The molecule has 0 atom stereocenters. The Morgan fingerprint density at radius 3 is 1.84 bits per heavy atom. The van der Waals surface area contributed by atoms with E-state index in [-0.39, 0.29) is 6.42 Å². The summed E-state index contributed by atoms with van der Waals surface area (Å²) in [5, 5.41) is 0. The first-order chi connectivity index (χ1) is 8.46. The van der Waals surface area contributed by atoms with Crippen molar-refractivity contribution in [3.05, 3.63) is 0 Å². The van der Waals surface area contributed by atoms with Crippen LogP contribution in [0.3, 0.4) is 0 Å². The quantitative estimate of drug-likeness (QED) is 0.283. The molecule has 0 radical (unpaired) electrons. The molecular weight excluding hydrogens is 301 g/mol. The van der Waals surface area contributed by atoms with Crippen LogP contribution < -0.4 is 0 Å². The standard InChI is InChI=1S/C10H21F3O4SSi/c1-19(2,3)17-9-7-5-4-6-8-16-18(14,15)10(11,12)13/h4-9H2,1-3H3. The molecule has 0 aliphatic carbocycles. The molecule has 4 nitrogen and oxygen atoms in total. The van der Waals surface area contributed by atoms with Crippen LogP contribution in [0.2, 0.25) is 19.6 Å². The average Bonchev–Trinajstić information content (AvgIpc) is 2.18. The van der Waals surface area contributed by atoms with E-state index in [4.69, 9.17) is 4.43 Å². The van der Waals surface area contributed by atoms with E-state index in [1.54, 1.807) is 0 Å². The molecule has 0 saturated carbocycles. The van der Waals surface area contributed by atoms with Gasteiger partial charge in [0.15, 0.2) is 8.32 Å². The number of hydrogen-bond acceptors (Lipinski definition) is 4. The van der Waals surface area contributed by atoms with Crippen molar-refractivity contribution < 1.29 is 30.2 Å². The average molecular weight is 322 g/mol. The van der Waals surface area contributed by atoms with Crippen molar-refractivity contribution in [3.8, 4) is 0 Å². The van der Waals surface area contributed by atoms with E-state index < -0.39 is 30.6 Å². The normalized spacial score (nSPS) is 13.8. The van der Waals surface area contributed by atoms with Gasteiger partial charge in [-0.1, -0.05) is 12.8 Å². The van der Waals surface area contributed by atoms with Gasteiger partial charge in [-0.05, 0) is 32.5 Å². The predicted molar refractivity (Wildman–Crippen MR) is 68.7 cm³/mol. The lowest BCUT2D eigenvalue weighted by Crippen LogP contribution is -2.26. The van der Waals surface area contributed by atoms with Gasteiger partial charge in [-0.2, -0.15) is 21.6 Å². The van der Waals surface area contributed by atoms with Crippen molar-refractivity contribution in [3.63, 3.8) is 0 Å². The maximum Gasteiger partial charge on any atom is 0.523 e. The van der Waals surface area contributed by atoms with Gasteiger partial charge < -0.3 is 4.43 Å². The highest BCUT2D eigenvalue weighted by atomic mass is 32.2. The van der Waals surface area contributed by atoms with Crippen LogP contribution in [0.25, 0.3) is 0 Å². The van der Waals surface area contributed by atoms with E-state index >= 15 is 0 Å². The van der Waals surface area contributed by atoms with E-state index in [1.165, 1.54) is 0 Å². The fourth-order valence-electron chi connectivity index (χ4n) is 1.17. The summed E-state index contributed by atoms with van der Waals surface area (Å²) in [5.41, 5.74) is -5.34. The molecule has 0 unspecified atom stereocenters. The first-order valence-electron chi connectivity index (χ1n) is 6.05. The Morgan fingerprint density at radius 2 is 1.42 bits per heavy atom. The van der Waals surface area contributed by atoms with Crippen molar-refractivity contribution in [1.29, 1.82) is 0 Å². The molecule has 116 valence electrons. The minimum Gasteiger partial charge on any atom is -0.418 e. The Bertz CT molecular complexity index is 349. The van der Waals surface area contributed by atoms with E-state index in [2.05, 4.69) is 23.8 Å². The summed E-state index contributed by atoms with van der Waals surface area (Å²) >= 11 is 0. The summed E-state index contributed by atoms with van der Waals surface area (Å²) in [6.45, 7) is 6.42. The molecule has 0 aliphatic rings. The molecule has 19 heavy (non-hydrogen) atoms. The number of alkyl halides is 3. The maximum absolute atomic E-state index is 11.9. The summed E-state index contributed by atoms with van der Waals surface area (Å²) in [5.74, 6) is 0. The summed E-state index contributed by atoms with van der Waals surface area (Å²) in [4.78, 5) is 0. The minimum absolute atomic E-state index is 0.280. The Hall–Kier alpha value is -0.123. The molecule has 0 fully saturated rings. The SMILES string of the molecule is C[Si](C)(C)OCCCCCCOS(=O)(=O)C(F)(F)F. The lowest BCUT2D eigenvalue weighted by Gasteiger charge is -2.16. The van der Waals surface area contributed by atoms with Crippen LogP contribution in [0, 0.1) is 0 Å². The monoisotopic (exact) mass is 322 g/mol. The largest absolute Gasteiger partial charge is 0.523 e. The van der Waals surface area contributed by atoms with Gasteiger partial charge in [0.1, 0.15) is 0 Å². The smallest absolute Gasteiger partial charge is 0.418 e. The van der Waals surface area contributed by atoms with Crippen LogP contribution in [0.5, 0.6) is 0 Å². The third-order valence-electron chi connectivity index (χ3n) is 2.10. The molecule has 0 spiro atoms. The number of unbranched alkanes of at least 4 members (excludes halogenated alkanes) is 3. The Morgan fingerprint density at radius 1 is 0.947 bits per heavy atom. The summed E-state index contributed by atoms with van der Waals surface area (Å²) in [6, 6.07) is 0. The highest BCUT2D eigenvalue weighted by Crippen LogP contribution is 2.24. The second kappa shape index (κ2) is 7.60. The molecule has 9 heteroatoms. The Kier molecular flexibility index (Phi) is 7.55. The van der Waals surface area contributed by atoms with Gasteiger partial charge in [0.25, 0.3) is 0 Å². The van der Waals surface area contributed by atoms with Gasteiger partial charge in [0.05, 0.1) is 6.61 Å². The molecule has 0 aromatic heterocycles. The highest BCUT2D eigenvalue weighted by molar-refractivity contribution is 7.87. The number of hydrogen-bond donors (Lipinski definition) is 0. The topological polar surface area (TPSA) is 52.6 Å². The fourth-order valence-corrected chi connectivity index (χ4v) is 2.40. The van der Waals surface area contributed by atoms with Gasteiger partial charge in [0.2, 0.25) is 0 Å². The van der Waals surface area contributed by atoms with Crippen molar-refractivity contribution in [2.45, 2.75) is 50.8 Å². The predicted octanol–water partition coefficient (Wildman–Crippen LogP) is 3.26. The van der Waals surface area contributed by atoms with Crippen LogP contribution in [-0.4, -0.2) is 35.5 Å². The van der Waals surface area contributed by atoms with Gasteiger partial charge in [0, 0.05) is 6.61 Å². The molecular formula is C10H21F3O4SSi. The molecule has 0 saturated heterocycles. The summed E-state index contributed by atoms with van der Waals surface area (Å²) in [7, 11) is -6.94.